The van der Waals surface area contributed by atoms with Gasteiger partial charge in [0.2, 0.25) is 5.91 Å². The lowest BCUT2D eigenvalue weighted by molar-refractivity contribution is 0.0997. The number of nitrogens with zero attached hydrogens (tertiary/aromatic N) is 1. The first-order chi connectivity index (χ1) is 15.4. The molecule has 8 nitrogen and oxygen atoms in total. The first-order valence-electron chi connectivity index (χ1n) is 9.57. The molecule has 0 aliphatic rings. The summed E-state index contributed by atoms with van der Waals surface area (Å²) in [5, 5.41) is 20.9. The zero-order valence-corrected chi connectivity index (χ0v) is 17.0. The molecule has 1 amide bonds. The first-order valence-corrected chi connectivity index (χ1v) is 9.57. The predicted molar refractivity (Wildman–Crippen MR) is 120 cm³/mol. The monoisotopic (exact) mass is 429 g/mol. The number of fused-ring (bicyclic) bond motifs is 1. The summed E-state index contributed by atoms with van der Waals surface area (Å²) in [6.45, 7) is 0. The minimum Gasteiger partial charge on any atom is -0.504 e. The molecule has 0 saturated carbocycles. The Morgan fingerprint density at radius 1 is 0.969 bits per heavy atom. The fraction of sp³-hybridized carbons (Fsp3) is 0.0417. The largest absolute Gasteiger partial charge is 0.504 e. The number of aromatic hydroxyl groups is 2. The van der Waals surface area contributed by atoms with Gasteiger partial charge in [0.15, 0.2) is 23.2 Å². The number of aliphatic imine (C=N–C) groups is 1. The van der Waals surface area contributed by atoms with Crippen LogP contribution in [-0.2, 0) is 0 Å². The van der Waals surface area contributed by atoms with Gasteiger partial charge in [-0.2, -0.15) is 0 Å². The van der Waals surface area contributed by atoms with E-state index in [1.165, 1.54) is 31.5 Å². The zero-order valence-electron chi connectivity index (χ0n) is 17.0. The summed E-state index contributed by atoms with van der Waals surface area (Å²) in [6.07, 6.45) is 1.47. The van der Waals surface area contributed by atoms with Gasteiger partial charge < -0.3 is 25.7 Å². The fourth-order valence-electron chi connectivity index (χ4n) is 3.33. The molecule has 0 fully saturated rings. The quantitative estimate of drug-likeness (QED) is 0.274. The third-order valence-electron chi connectivity index (χ3n) is 5.02. The second-order valence-electron chi connectivity index (χ2n) is 7.03. The average molecular weight is 429 g/mol. The van der Waals surface area contributed by atoms with E-state index >= 15 is 0 Å². The average Bonchev–Trinajstić information content (AvgIpc) is 3.11. The van der Waals surface area contributed by atoms with Gasteiger partial charge in [-0.15, -0.1) is 0 Å². The molecule has 0 unspecified atom stereocenters. The van der Waals surface area contributed by atoms with Crippen molar-refractivity contribution in [1.82, 2.24) is 4.98 Å². The van der Waals surface area contributed by atoms with Gasteiger partial charge in [-0.3, -0.25) is 14.6 Å². The van der Waals surface area contributed by atoms with Crippen molar-refractivity contribution in [2.45, 2.75) is 0 Å². The Morgan fingerprint density at radius 3 is 2.31 bits per heavy atom. The summed E-state index contributed by atoms with van der Waals surface area (Å²) in [4.78, 5) is 31.2. The van der Waals surface area contributed by atoms with E-state index in [9.17, 15) is 19.8 Å². The molecule has 4 rings (SSSR count). The maximum absolute atomic E-state index is 12.8. The molecule has 0 saturated heterocycles. The van der Waals surface area contributed by atoms with Gasteiger partial charge in [-0.1, -0.05) is 24.3 Å². The highest BCUT2D eigenvalue weighted by Crippen LogP contribution is 2.31. The Bertz CT molecular complexity index is 1370. The molecule has 8 heteroatoms. The van der Waals surface area contributed by atoms with Crippen molar-refractivity contribution in [3.8, 4) is 17.4 Å². The third kappa shape index (κ3) is 3.89. The number of primary amides is 1. The van der Waals surface area contributed by atoms with Crippen LogP contribution in [0.5, 0.6) is 17.4 Å². The molecule has 1 aromatic heterocycles. The fourth-order valence-corrected chi connectivity index (χ4v) is 3.33. The van der Waals surface area contributed by atoms with Crippen LogP contribution in [0.2, 0.25) is 0 Å². The van der Waals surface area contributed by atoms with Crippen molar-refractivity contribution in [2.75, 3.05) is 7.11 Å². The van der Waals surface area contributed by atoms with E-state index in [1.807, 2.05) is 0 Å². The van der Waals surface area contributed by atoms with Gasteiger partial charge in [0, 0.05) is 39.9 Å². The van der Waals surface area contributed by atoms with Crippen LogP contribution >= 0.6 is 0 Å². The Kier molecular flexibility index (Phi) is 5.34. The van der Waals surface area contributed by atoms with Gasteiger partial charge in [0.05, 0.1) is 18.4 Å². The number of amides is 1. The molecule has 32 heavy (non-hydrogen) atoms. The molecule has 3 aromatic carbocycles. The van der Waals surface area contributed by atoms with Gasteiger partial charge >= 0.3 is 0 Å². The Labute approximate surface area is 182 Å². The number of aromatic amines is 1. The van der Waals surface area contributed by atoms with E-state index in [0.717, 1.165) is 0 Å². The van der Waals surface area contributed by atoms with Crippen LogP contribution < -0.4 is 10.5 Å². The number of phenolic OH excluding ortho intramolecular Hbond substituents is 1. The van der Waals surface area contributed by atoms with E-state index < -0.39 is 5.91 Å². The first kappa shape index (κ1) is 20.7. The molecule has 0 atom stereocenters. The molecule has 160 valence electrons. The van der Waals surface area contributed by atoms with Crippen LogP contribution in [0.25, 0.3) is 10.9 Å². The van der Waals surface area contributed by atoms with Crippen molar-refractivity contribution in [3.05, 3.63) is 82.9 Å². The standard InChI is InChI=1S/C24H19N3O5/c1-32-21-9-7-16(11-20(21)28)26-12-18-17-8-6-15(10-19(17)27-24(18)31)22(29)13-2-4-14(5-3-13)23(25)30/h2-12,27-28,31H,1H3,(H2,25,30). The van der Waals surface area contributed by atoms with Crippen molar-refractivity contribution in [3.63, 3.8) is 0 Å². The molecule has 0 bridgehead atoms. The van der Waals surface area contributed by atoms with Crippen molar-refractivity contribution in [2.24, 2.45) is 10.7 Å². The summed E-state index contributed by atoms with van der Waals surface area (Å²) in [6, 6.07) is 15.8. The number of hydrogen-bond acceptors (Lipinski definition) is 6. The molecule has 0 aliphatic carbocycles. The number of hydrogen-bond donors (Lipinski definition) is 4. The lowest BCUT2D eigenvalue weighted by Crippen LogP contribution is -2.11. The number of carbonyl (C=O) groups is 2. The number of ether oxygens (including phenoxy) is 1. The Balaban J connectivity index is 1.63. The second-order valence-corrected chi connectivity index (χ2v) is 7.03. The highest BCUT2D eigenvalue weighted by atomic mass is 16.5. The third-order valence-corrected chi connectivity index (χ3v) is 5.02. The molecule has 1 heterocycles. The molecule has 0 radical (unpaired) electrons. The topological polar surface area (TPSA) is 138 Å². The highest BCUT2D eigenvalue weighted by Gasteiger charge is 2.14. The maximum atomic E-state index is 12.8. The van der Waals surface area contributed by atoms with Crippen molar-refractivity contribution < 1.29 is 24.5 Å². The van der Waals surface area contributed by atoms with E-state index in [1.54, 1.807) is 42.5 Å². The number of phenols is 1. The number of methoxy groups -OCH3 is 1. The molecule has 0 spiro atoms. The number of carbonyl (C=O) groups excluding carboxylic acids is 2. The van der Waals surface area contributed by atoms with Crippen LogP contribution in [-0.4, -0.2) is 40.2 Å². The lowest BCUT2D eigenvalue weighted by atomic mass is 10.0. The maximum Gasteiger partial charge on any atom is 0.248 e. The Morgan fingerprint density at radius 2 is 1.66 bits per heavy atom. The molecule has 0 aliphatic heterocycles. The van der Waals surface area contributed by atoms with E-state index in [2.05, 4.69) is 9.98 Å². The van der Waals surface area contributed by atoms with Crippen LogP contribution in [0.4, 0.5) is 5.69 Å². The van der Waals surface area contributed by atoms with E-state index in [0.29, 0.717) is 44.6 Å². The number of nitrogens with two attached hydrogens (primary N) is 1. The van der Waals surface area contributed by atoms with Crippen LogP contribution in [0.1, 0.15) is 31.8 Å². The van der Waals surface area contributed by atoms with Crippen LogP contribution in [0, 0.1) is 0 Å². The minimum atomic E-state index is -0.564. The summed E-state index contributed by atoms with van der Waals surface area (Å²) in [5.74, 6) is -0.609. The SMILES string of the molecule is COc1ccc(N=Cc2c(O)[nH]c3cc(C(=O)c4ccc(C(N)=O)cc4)ccc23)cc1O. The predicted octanol–water partition coefficient (Wildman–Crippen LogP) is 3.67. The van der Waals surface area contributed by atoms with Crippen molar-refractivity contribution >= 4 is 34.5 Å². The van der Waals surface area contributed by atoms with E-state index in [4.69, 9.17) is 10.5 Å². The number of nitrogens with one attached hydrogen (secondary N) is 1. The van der Waals surface area contributed by atoms with E-state index in [-0.39, 0.29) is 17.4 Å². The smallest absolute Gasteiger partial charge is 0.248 e. The van der Waals surface area contributed by atoms with Gasteiger partial charge in [-0.25, -0.2) is 0 Å². The highest BCUT2D eigenvalue weighted by molar-refractivity contribution is 6.12. The number of rotatable bonds is 6. The molecular weight excluding hydrogens is 410 g/mol. The van der Waals surface area contributed by atoms with Crippen LogP contribution in [0.15, 0.2) is 65.7 Å². The second kappa shape index (κ2) is 8.27. The summed E-state index contributed by atoms with van der Waals surface area (Å²) in [7, 11) is 1.46. The molecule has 4 aromatic rings. The van der Waals surface area contributed by atoms with Crippen molar-refractivity contribution in [1.29, 1.82) is 0 Å². The minimum absolute atomic E-state index is 0.0442. The Hall–Kier alpha value is -4.59. The van der Waals surface area contributed by atoms with Gasteiger partial charge in [0.25, 0.3) is 0 Å². The lowest BCUT2D eigenvalue weighted by Gasteiger charge is -2.03. The molecule has 5 N–H and O–H groups in total. The van der Waals surface area contributed by atoms with Crippen LogP contribution in [0.3, 0.4) is 0 Å². The molecular formula is C24H19N3O5. The summed E-state index contributed by atoms with van der Waals surface area (Å²) in [5.41, 5.74) is 7.85. The van der Waals surface area contributed by atoms with Gasteiger partial charge in [-0.05, 0) is 30.3 Å². The zero-order chi connectivity index (χ0) is 22.8. The number of aromatic nitrogens is 1. The number of H-pyrrole nitrogens is 1. The number of benzene rings is 3. The normalized spacial score (nSPS) is 11.2. The summed E-state index contributed by atoms with van der Waals surface area (Å²) >= 11 is 0. The van der Waals surface area contributed by atoms with Gasteiger partial charge in [0.1, 0.15) is 0 Å². The number of ketones is 1. The summed E-state index contributed by atoms with van der Waals surface area (Å²) < 4.78 is 5.01.